The Kier molecular flexibility index (Phi) is 5.12. The highest BCUT2D eigenvalue weighted by Gasteiger charge is 2.32. The van der Waals surface area contributed by atoms with E-state index < -0.39 is 0 Å². The number of benzene rings is 1. The van der Waals surface area contributed by atoms with Crippen LogP contribution >= 0.6 is 12.4 Å². The van der Waals surface area contributed by atoms with Crippen LogP contribution in [-0.2, 0) is 0 Å². The Hall–Kier alpha value is -0.730. The second-order valence-electron chi connectivity index (χ2n) is 5.61. The predicted molar refractivity (Wildman–Crippen MR) is 81.2 cm³/mol. The van der Waals surface area contributed by atoms with Crippen molar-refractivity contribution in [1.82, 2.24) is 4.90 Å². The van der Waals surface area contributed by atoms with E-state index >= 15 is 0 Å². The third-order valence-electron chi connectivity index (χ3n) is 4.57. The molecule has 3 heteroatoms. The predicted octanol–water partition coefficient (Wildman–Crippen LogP) is 4.20. The Morgan fingerprint density at radius 2 is 1.95 bits per heavy atom. The maximum atomic E-state index is 5.36. The van der Waals surface area contributed by atoms with Crippen LogP contribution < -0.4 is 4.74 Å². The van der Waals surface area contributed by atoms with Gasteiger partial charge in [-0.1, -0.05) is 18.6 Å². The van der Waals surface area contributed by atoms with E-state index in [1.807, 2.05) is 6.07 Å². The number of rotatable bonds is 2. The summed E-state index contributed by atoms with van der Waals surface area (Å²) in [6, 6.07) is 10.1. The number of halogens is 1. The van der Waals surface area contributed by atoms with Crippen molar-refractivity contribution in [3.05, 3.63) is 29.8 Å². The number of ether oxygens (including phenoxy) is 1. The first kappa shape index (κ1) is 14.7. The summed E-state index contributed by atoms with van der Waals surface area (Å²) < 4.78 is 5.36. The lowest BCUT2D eigenvalue weighted by atomic mass is 9.86. The van der Waals surface area contributed by atoms with Gasteiger partial charge < -0.3 is 4.74 Å². The van der Waals surface area contributed by atoms with Gasteiger partial charge in [0.1, 0.15) is 5.75 Å². The fourth-order valence-corrected chi connectivity index (χ4v) is 3.66. The molecular weight excluding hydrogens is 258 g/mol. The Balaban J connectivity index is 0.00000133. The van der Waals surface area contributed by atoms with E-state index in [0.29, 0.717) is 6.04 Å². The van der Waals surface area contributed by atoms with Gasteiger partial charge in [0, 0.05) is 12.1 Å². The van der Waals surface area contributed by atoms with E-state index in [1.165, 1.54) is 50.6 Å². The number of nitrogens with zero attached hydrogens (tertiary/aromatic N) is 1. The molecule has 106 valence electrons. The average molecular weight is 282 g/mol. The Bertz CT molecular complexity index is 407. The zero-order chi connectivity index (χ0) is 12.4. The van der Waals surface area contributed by atoms with Crippen LogP contribution in [0.2, 0.25) is 0 Å². The molecule has 0 unspecified atom stereocenters. The Morgan fingerprint density at radius 1 is 1.11 bits per heavy atom. The first-order valence-corrected chi connectivity index (χ1v) is 7.28. The van der Waals surface area contributed by atoms with Gasteiger partial charge in [-0.05, 0) is 56.3 Å². The van der Waals surface area contributed by atoms with Gasteiger partial charge in [-0.2, -0.15) is 0 Å². The highest BCUT2D eigenvalue weighted by molar-refractivity contribution is 5.85. The number of fused-ring (bicyclic) bond motifs is 1. The lowest BCUT2D eigenvalue weighted by Crippen LogP contribution is -2.44. The first-order valence-electron chi connectivity index (χ1n) is 7.28. The van der Waals surface area contributed by atoms with E-state index in [0.717, 1.165) is 11.8 Å². The molecule has 2 aliphatic rings. The van der Waals surface area contributed by atoms with Crippen molar-refractivity contribution in [2.75, 3.05) is 13.7 Å². The Morgan fingerprint density at radius 3 is 2.79 bits per heavy atom. The molecule has 0 aliphatic carbocycles. The molecule has 1 aromatic rings. The molecule has 2 nitrogen and oxygen atoms in total. The number of methoxy groups -OCH3 is 1. The zero-order valence-electron chi connectivity index (χ0n) is 11.7. The smallest absolute Gasteiger partial charge is 0.119 e. The minimum atomic E-state index is 0. The van der Waals surface area contributed by atoms with Crippen molar-refractivity contribution in [2.24, 2.45) is 0 Å². The summed E-state index contributed by atoms with van der Waals surface area (Å²) in [5.74, 6) is 0.992. The lowest BCUT2D eigenvalue weighted by molar-refractivity contribution is 0.0517. The third kappa shape index (κ3) is 3.06. The molecule has 2 aliphatic heterocycles. The van der Waals surface area contributed by atoms with Crippen LogP contribution in [0.25, 0.3) is 0 Å². The molecule has 0 amide bonds. The summed E-state index contributed by atoms with van der Waals surface area (Å²) in [6.07, 6.45) is 8.29. The van der Waals surface area contributed by atoms with Crippen LogP contribution in [0.4, 0.5) is 0 Å². The van der Waals surface area contributed by atoms with E-state index in [1.54, 1.807) is 7.11 Å². The molecule has 2 saturated heterocycles. The molecule has 1 aromatic carbocycles. The summed E-state index contributed by atoms with van der Waals surface area (Å²) in [5.41, 5.74) is 1.45. The molecule has 19 heavy (non-hydrogen) atoms. The van der Waals surface area contributed by atoms with Crippen molar-refractivity contribution in [2.45, 2.75) is 50.6 Å². The zero-order valence-corrected chi connectivity index (χ0v) is 12.5. The van der Waals surface area contributed by atoms with Gasteiger partial charge in [-0.25, -0.2) is 0 Å². The molecule has 3 rings (SSSR count). The van der Waals surface area contributed by atoms with Crippen molar-refractivity contribution < 1.29 is 4.74 Å². The summed E-state index contributed by atoms with van der Waals surface area (Å²) in [4.78, 5) is 2.75. The van der Waals surface area contributed by atoms with Gasteiger partial charge in [0.25, 0.3) is 0 Å². The van der Waals surface area contributed by atoms with Gasteiger partial charge in [-0.3, -0.25) is 4.90 Å². The Labute approximate surface area is 122 Å². The van der Waals surface area contributed by atoms with Crippen molar-refractivity contribution in [3.8, 4) is 5.75 Å². The van der Waals surface area contributed by atoms with Crippen LogP contribution in [-0.4, -0.2) is 24.6 Å². The molecule has 0 radical (unpaired) electrons. The minimum Gasteiger partial charge on any atom is -0.497 e. The molecule has 0 aromatic heterocycles. The standard InChI is InChI=1S/C16H23NO.ClH/c1-18-15-9-4-6-13(12-15)16-10-5-8-14-7-2-3-11-17(14)16;/h4,6,9,12,14,16H,2-3,5,7-8,10-11H2,1H3;1H/t14-,16+;/m1./s1. The summed E-state index contributed by atoms with van der Waals surface area (Å²) >= 11 is 0. The second kappa shape index (κ2) is 6.62. The van der Waals surface area contributed by atoms with Gasteiger partial charge in [0.15, 0.2) is 0 Å². The molecule has 0 spiro atoms. The molecule has 0 N–H and O–H groups in total. The second-order valence-corrected chi connectivity index (χ2v) is 5.61. The molecule has 2 fully saturated rings. The van der Waals surface area contributed by atoms with E-state index in [9.17, 15) is 0 Å². The van der Waals surface area contributed by atoms with Crippen LogP contribution in [0.5, 0.6) is 5.75 Å². The van der Waals surface area contributed by atoms with Gasteiger partial charge >= 0.3 is 0 Å². The molecule has 0 saturated carbocycles. The first-order chi connectivity index (χ1) is 8.88. The monoisotopic (exact) mass is 281 g/mol. The maximum absolute atomic E-state index is 5.36. The normalized spacial score (nSPS) is 27.2. The highest BCUT2D eigenvalue weighted by Crippen LogP contribution is 2.39. The lowest BCUT2D eigenvalue weighted by Gasteiger charge is -2.45. The van der Waals surface area contributed by atoms with E-state index in [-0.39, 0.29) is 12.4 Å². The van der Waals surface area contributed by atoms with E-state index in [4.69, 9.17) is 4.74 Å². The number of hydrogen-bond donors (Lipinski definition) is 0. The SMILES string of the molecule is COc1cccc([C@@H]2CCC[C@H]3CCCCN32)c1.Cl. The molecule has 0 bridgehead atoms. The number of piperidine rings is 2. The maximum Gasteiger partial charge on any atom is 0.119 e. The minimum absolute atomic E-state index is 0. The largest absolute Gasteiger partial charge is 0.497 e. The van der Waals surface area contributed by atoms with E-state index in [2.05, 4.69) is 23.1 Å². The van der Waals surface area contributed by atoms with Crippen LogP contribution in [0.1, 0.15) is 50.1 Å². The molecular formula is C16H24ClNO. The van der Waals surface area contributed by atoms with Gasteiger partial charge in [0.05, 0.1) is 7.11 Å². The average Bonchev–Trinajstić information content (AvgIpc) is 2.47. The molecule has 2 heterocycles. The summed E-state index contributed by atoms with van der Waals surface area (Å²) in [6.45, 7) is 1.28. The van der Waals surface area contributed by atoms with Gasteiger partial charge in [-0.15, -0.1) is 12.4 Å². The fraction of sp³-hybridized carbons (Fsp3) is 0.625. The summed E-state index contributed by atoms with van der Waals surface area (Å²) in [5, 5.41) is 0. The van der Waals surface area contributed by atoms with Crippen LogP contribution in [0, 0.1) is 0 Å². The quantitative estimate of drug-likeness (QED) is 0.806. The van der Waals surface area contributed by atoms with Crippen LogP contribution in [0.15, 0.2) is 24.3 Å². The highest BCUT2D eigenvalue weighted by atomic mass is 35.5. The third-order valence-corrected chi connectivity index (χ3v) is 4.57. The molecule has 2 atom stereocenters. The van der Waals surface area contributed by atoms with Gasteiger partial charge in [0.2, 0.25) is 0 Å². The fourth-order valence-electron chi connectivity index (χ4n) is 3.66. The van der Waals surface area contributed by atoms with Crippen molar-refractivity contribution in [1.29, 1.82) is 0 Å². The topological polar surface area (TPSA) is 12.5 Å². The summed E-state index contributed by atoms with van der Waals surface area (Å²) in [7, 11) is 1.75. The van der Waals surface area contributed by atoms with Crippen LogP contribution in [0.3, 0.4) is 0 Å². The number of hydrogen-bond acceptors (Lipinski definition) is 2. The van der Waals surface area contributed by atoms with Crippen molar-refractivity contribution in [3.63, 3.8) is 0 Å². The van der Waals surface area contributed by atoms with Crippen molar-refractivity contribution >= 4 is 12.4 Å².